The van der Waals surface area contributed by atoms with E-state index >= 15 is 0 Å². The van der Waals surface area contributed by atoms with E-state index in [9.17, 15) is 9.18 Å². The van der Waals surface area contributed by atoms with E-state index < -0.39 is 5.82 Å². The maximum atomic E-state index is 13.7. The lowest BCUT2D eigenvalue weighted by molar-refractivity contribution is -0.117. The normalized spacial score (nSPS) is 21.1. The zero-order chi connectivity index (χ0) is 11.0. The van der Waals surface area contributed by atoms with Gasteiger partial charge in [0.2, 0.25) is 5.91 Å². The molecule has 0 aliphatic carbocycles. The molecule has 1 aromatic carbocycles. The Morgan fingerprint density at radius 1 is 1.53 bits per heavy atom. The fraction of sp³-hybridized carbons (Fsp3) is 0.300. The van der Waals surface area contributed by atoms with Crippen molar-refractivity contribution in [1.29, 1.82) is 0 Å². The number of hydrogen-bond donors (Lipinski definition) is 1. The summed E-state index contributed by atoms with van der Waals surface area (Å²) in [6.07, 6.45) is 0.370. The van der Waals surface area contributed by atoms with Gasteiger partial charge in [-0.15, -0.1) is 0 Å². The van der Waals surface area contributed by atoms with Crippen molar-refractivity contribution in [3.8, 4) is 0 Å². The Balaban J connectivity index is 2.38. The minimum atomic E-state index is -0.395. The van der Waals surface area contributed by atoms with Gasteiger partial charge in [0.05, 0.1) is 10.2 Å². The molecule has 0 radical (unpaired) electrons. The van der Waals surface area contributed by atoms with Crippen LogP contribution in [0, 0.1) is 5.82 Å². The van der Waals surface area contributed by atoms with Crippen LogP contribution in [0.3, 0.4) is 0 Å². The number of rotatable bonds is 1. The Morgan fingerprint density at radius 3 is 2.87 bits per heavy atom. The smallest absolute Gasteiger partial charge is 0.228 e. The highest BCUT2D eigenvalue weighted by Gasteiger charge is 2.30. The first-order valence-corrected chi connectivity index (χ1v) is 5.83. The highest BCUT2D eigenvalue weighted by Crippen LogP contribution is 2.30. The number of hydrogen-bond acceptors (Lipinski definition) is 2. The van der Waals surface area contributed by atoms with Crippen LogP contribution < -0.4 is 4.90 Å². The van der Waals surface area contributed by atoms with Gasteiger partial charge >= 0.3 is 0 Å². The first kappa shape index (κ1) is 11.0. The van der Waals surface area contributed by atoms with Crippen LogP contribution in [0.2, 0.25) is 0 Å². The van der Waals surface area contributed by atoms with Gasteiger partial charge in [-0.25, -0.2) is 4.39 Å². The molecule has 5 heteroatoms. The summed E-state index contributed by atoms with van der Waals surface area (Å²) in [7, 11) is 0. The predicted molar refractivity (Wildman–Crippen MR) is 63.8 cm³/mol. The molecule has 1 unspecified atom stereocenters. The number of anilines is 1. The van der Waals surface area contributed by atoms with Crippen LogP contribution in [-0.2, 0) is 4.79 Å². The number of carbonyl (C=O) groups excluding carboxylic acids is 1. The Labute approximate surface area is 101 Å². The highest BCUT2D eigenvalue weighted by molar-refractivity contribution is 9.10. The van der Waals surface area contributed by atoms with Gasteiger partial charge in [-0.05, 0) is 28.1 Å². The Morgan fingerprint density at radius 2 is 2.27 bits per heavy atom. The van der Waals surface area contributed by atoms with Crippen molar-refractivity contribution in [2.75, 3.05) is 11.4 Å². The lowest BCUT2D eigenvalue weighted by Crippen LogP contribution is -2.25. The van der Waals surface area contributed by atoms with E-state index in [4.69, 9.17) is 0 Å². The molecule has 0 N–H and O–H groups in total. The maximum absolute atomic E-state index is 13.7. The van der Waals surface area contributed by atoms with E-state index in [2.05, 4.69) is 28.6 Å². The molecular formula is C10H9BrFNOS. The van der Waals surface area contributed by atoms with Gasteiger partial charge in [0.15, 0.2) is 5.82 Å². The third-order valence-electron chi connectivity index (χ3n) is 2.33. The van der Waals surface area contributed by atoms with Crippen LogP contribution >= 0.6 is 28.6 Å². The fourth-order valence-corrected chi connectivity index (χ4v) is 2.30. The lowest BCUT2D eigenvalue weighted by Gasteiger charge is -2.17. The predicted octanol–water partition coefficient (Wildman–Crippen LogP) is 2.62. The van der Waals surface area contributed by atoms with Crippen LogP contribution in [0.4, 0.5) is 10.1 Å². The molecular weight excluding hydrogens is 281 g/mol. The van der Waals surface area contributed by atoms with Gasteiger partial charge in [0.25, 0.3) is 0 Å². The van der Waals surface area contributed by atoms with Crippen molar-refractivity contribution in [3.05, 3.63) is 28.5 Å². The molecule has 1 aromatic rings. The first-order chi connectivity index (χ1) is 7.09. The Bertz CT molecular complexity index is 412. The van der Waals surface area contributed by atoms with E-state index in [0.717, 1.165) is 0 Å². The second-order valence-corrected chi connectivity index (χ2v) is 5.02. The monoisotopic (exact) mass is 289 g/mol. The van der Waals surface area contributed by atoms with Gasteiger partial charge in [-0.3, -0.25) is 4.79 Å². The molecule has 1 amide bonds. The second-order valence-electron chi connectivity index (χ2n) is 3.44. The first-order valence-electron chi connectivity index (χ1n) is 4.52. The van der Waals surface area contributed by atoms with Crippen LogP contribution in [0.1, 0.15) is 6.42 Å². The molecule has 1 saturated heterocycles. The fourth-order valence-electron chi connectivity index (χ4n) is 1.62. The summed E-state index contributed by atoms with van der Waals surface area (Å²) < 4.78 is 14.1. The average molecular weight is 290 g/mol. The molecule has 1 fully saturated rings. The van der Waals surface area contributed by atoms with Crippen LogP contribution in [-0.4, -0.2) is 17.7 Å². The summed E-state index contributed by atoms with van der Waals surface area (Å²) >= 11 is 7.32. The molecule has 1 atom stereocenters. The summed E-state index contributed by atoms with van der Waals surface area (Å²) in [5, 5.41) is -0.00381. The number of benzene rings is 1. The van der Waals surface area contributed by atoms with E-state index in [1.807, 2.05) is 0 Å². The number of nitrogens with zero attached hydrogens (tertiary/aromatic N) is 1. The molecule has 1 heterocycles. The summed E-state index contributed by atoms with van der Waals surface area (Å²) in [6.45, 7) is 0.468. The lowest BCUT2D eigenvalue weighted by atomic mass is 10.3. The van der Waals surface area contributed by atoms with Crippen molar-refractivity contribution in [3.63, 3.8) is 0 Å². The molecule has 0 aromatic heterocycles. The molecule has 15 heavy (non-hydrogen) atoms. The average Bonchev–Trinajstić information content (AvgIpc) is 2.50. The topological polar surface area (TPSA) is 20.3 Å². The molecule has 0 spiro atoms. The zero-order valence-electron chi connectivity index (χ0n) is 7.78. The van der Waals surface area contributed by atoms with Gasteiger partial charge in [0, 0.05) is 18.2 Å². The molecule has 0 saturated carbocycles. The number of carbonyl (C=O) groups is 1. The van der Waals surface area contributed by atoms with E-state index in [-0.39, 0.29) is 11.2 Å². The highest BCUT2D eigenvalue weighted by atomic mass is 79.9. The van der Waals surface area contributed by atoms with Gasteiger partial charge < -0.3 is 4.90 Å². The van der Waals surface area contributed by atoms with Crippen molar-refractivity contribution in [2.24, 2.45) is 0 Å². The van der Waals surface area contributed by atoms with Gasteiger partial charge in [-0.2, -0.15) is 12.6 Å². The molecule has 80 valence electrons. The quantitative estimate of drug-likeness (QED) is 0.788. The molecule has 2 rings (SSSR count). The maximum Gasteiger partial charge on any atom is 0.228 e. The third-order valence-corrected chi connectivity index (χ3v) is 3.28. The van der Waals surface area contributed by atoms with Gasteiger partial charge in [-0.1, -0.05) is 6.07 Å². The van der Waals surface area contributed by atoms with Crippen molar-refractivity contribution >= 4 is 40.2 Å². The molecule has 1 aliphatic rings. The van der Waals surface area contributed by atoms with Crippen molar-refractivity contribution < 1.29 is 9.18 Å². The molecule has 0 bridgehead atoms. The number of amides is 1. The van der Waals surface area contributed by atoms with Crippen LogP contribution in [0.5, 0.6) is 0 Å². The Kier molecular flexibility index (Phi) is 3.02. The largest absolute Gasteiger partial charge is 0.308 e. The van der Waals surface area contributed by atoms with Crippen LogP contribution in [0.25, 0.3) is 0 Å². The number of thiol groups is 1. The summed E-state index contributed by atoms with van der Waals surface area (Å²) in [4.78, 5) is 13.0. The van der Waals surface area contributed by atoms with E-state index in [1.165, 1.54) is 4.90 Å². The van der Waals surface area contributed by atoms with E-state index in [0.29, 0.717) is 23.1 Å². The minimum Gasteiger partial charge on any atom is -0.308 e. The molecule has 1 aliphatic heterocycles. The number of halogens is 2. The third kappa shape index (κ3) is 2.03. The summed E-state index contributed by atoms with van der Waals surface area (Å²) in [5.41, 5.74) is 0.325. The minimum absolute atomic E-state index is 0.00381. The van der Waals surface area contributed by atoms with E-state index in [1.54, 1.807) is 18.2 Å². The molecule has 2 nitrogen and oxygen atoms in total. The second kappa shape index (κ2) is 4.14. The summed E-state index contributed by atoms with van der Waals surface area (Å²) in [5.74, 6) is -0.472. The van der Waals surface area contributed by atoms with Crippen LogP contribution in [0.15, 0.2) is 22.7 Å². The zero-order valence-corrected chi connectivity index (χ0v) is 10.3. The van der Waals surface area contributed by atoms with Gasteiger partial charge in [0.1, 0.15) is 0 Å². The van der Waals surface area contributed by atoms with Crippen molar-refractivity contribution in [2.45, 2.75) is 11.7 Å². The van der Waals surface area contributed by atoms with Crippen molar-refractivity contribution in [1.82, 2.24) is 0 Å². The Hall–Kier alpha value is -0.550. The SMILES string of the molecule is O=C1CC(S)CN1c1cccc(Br)c1F. The standard InChI is InChI=1S/C10H9BrFNOS/c11-7-2-1-3-8(10(7)12)13-5-6(15)4-9(13)14/h1-3,6,15H,4-5H2. The summed E-state index contributed by atoms with van der Waals surface area (Å²) in [6, 6.07) is 4.92.